The average Bonchev–Trinajstić information content (AvgIpc) is 2.61. The highest BCUT2D eigenvalue weighted by Crippen LogP contribution is 2.58. The van der Waals surface area contributed by atoms with Crippen molar-refractivity contribution in [2.75, 3.05) is 49.9 Å². The Hall–Kier alpha value is 1.96. The Labute approximate surface area is 201 Å². The number of phosphoric acid groups is 2. The molecule has 0 spiro atoms. The van der Waals surface area contributed by atoms with E-state index < -0.39 is 25.6 Å². The van der Waals surface area contributed by atoms with Gasteiger partial charge in [0.15, 0.2) is 0 Å². The molecule has 0 aromatic carbocycles. The lowest BCUT2D eigenvalue weighted by Gasteiger charge is -2.35. The maximum atomic E-state index is 12.2. The monoisotopic (exact) mass is 582 g/mol. The number of hydrogen-bond donors (Lipinski definition) is 1. The molecule has 29 heavy (non-hydrogen) atoms. The number of hydrogen-bond acceptors (Lipinski definition) is 7. The van der Waals surface area contributed by atoms with Gasteiger partial charge in [0.25, 0.3) is 0 Å². The van der Waals surface area contributed by atoms with Crippen LogP contribution in [0.15, 0.2) is 0 Å². The third-order valence-electron chi connectivity index (χ3n) is 2.42. The molecule has 1 N–H and O–H groups in total. The van der Waals surface area contributed by atoms with E-state index in [9.17, 15) is 9.13 Å². The highest BCUT2D eigenvalue weighted by atomic mass is 35.5. The molecule has 0 aliphatic heterocycles. The topological polar surface area (TPSA) is 101 Å². The predicted octanol–water partition coefficient (Wildman–Crippen LogP) is 6.40. The zero-order valence-electron chi connectivity index (χ0n) is 16.1. The van der Waals surface area contributed by atoms with E-state index in [4.69, 9.17) is 88.1 Å². The van der Waals surface area contributed by atoms with Crippen LogP contribution in [0.2, 0.25) is 0 Å². The largest absolute Gasteiger partial charge is 0.477 e. The standard InChI is InChI=1S/C9H17Cl4O4P.C4H9Cl2O4P/c1-8(2,3)9(12,13)17-18(14,15-6-4-10)16-7-5-11;5-1-3-9-11(7,8)10-4-2-6/h4-7H2,1-3H3;1-4H2,(H,7,8). The fourth-order valence-electron chi connectivity index (χ4n) is 0.997. The molecule has 0 aliphatic rings. The first-order valence-electron chi connectivity index (χ1n) is 8.03. The summed E-state index contributed by atoms with van der Waals surface area (Å²) in [4.78, 5) is 8.77. The van der Waals surface area contributed by atoms with Crippen LogP contribution in [0.1, 0.15) is 20.8 Å². The summed E-state index contributed by atoms with van der Waals surface area (Å²) in [6.45, 7) is 5.10. The molecule has 0 saturated carbocycles. The van der Waals surface area contributed by atoms with Crippen molar-refractivity contribution in [2.45, 2.75) is 25.3 Å². The second-order valence-electron chi connectivity index (χ2n) is 5.86. The summed E-state index contributed by atoms with van der Waals surface area (Å²) >= 11 is 33.3. The van der Waals surface area contributed by atoms with E-state index in [2.05, 4.69) is 9.05 Å². The van der Waals surface area contributed by atoms with Crippen molar-refractivity contribution in [3.8, 4) is 0 Å². The lowest BCUT2D eigenvalue weighted by molar-refractivity contribution is 0.0497. The van der Waals surface area contributed by atoms with Crippen LogP contribution < -0.4 is 0 Å². The molecule has 0 saturated heterocycles. The molecule has 16 heteroatoms. The first-order valence-corrected chi connectivity index (χ1v) is 13.9. The Morgan fingerprint density at radius 3 is 1.31 bits per heavy atom. The molecule has 0 radical (unpaired) electrons. The van der Waals surface area contributed by atoms with Crippen LogP contribution in [0.3, 0.4) is 0 Å². The second kappa shape index (κ2) is 16.6. The van der Waals surface area contributed by atoms with Crippen LogP contribution in [-0.2, 0) is 31.7 Å². The molecule has 8 nitrogen and oxygen atoms in total. The maximum absolute atomic E-state index is 12.2. The van der Waals surface area contributed by atoms with Crippen molar-refractivity contribution >= 4 is 85.3 Å². The zero-order chi connectivity index (χ0) is 23.2. The fourth-order valence-corrected chi connectivity index (χ4v) is 4.33. The highest BCUT2D eigenvalue weighted by molar-refractivity contribution is 7.48. The molecule has 0 aromatic rings. The van der Waals surface area contributed by atoms with E-state index in [0.29, 0.717) is 0 Å². The number of halogens is 6. The van der Waals surface area contributed by atoms with Crippen LogP contribution in [-0.4, -0.2) is 59.4 Å². The smallest absolute Gasteiger partial charge is 0.302 e. The number of rotatable bonds is 14. The molecule has 0 rings (SSSR count). The molecule has 0 unspecified atom stereocenters. The van der Waals surface area contributed by atoms with Gasteiger partial charge < -0.3 is 4.89 Å². The van der Waals surface area contributed by atoms with E-state index in [1.807, 2.05) is 0 Å². The minimum Gasteiger partial charge on any atom is -0.302 e. The summed E-state index contributed by atoms with van der Waals surface area (Å²) in [5.41, 5.74) is -0.694. The van der Waals surface area contributed by atoms with Crippen LogP contribution in [0.5, 0.6) is 0 Å². The highest BCUT2D eigenvalue weighted by Gasteiger charge is 2.47. The van der Waals surface area contributed by atoms with Crippen LogP contribution in [0, 0.1) is 5.41 Å². The van der Waals surface area contributed by atoms with Gasteiger partial charge in [-0.2, -0.15) is 0 Å². The molecule has 0 heterocycles. The van der Waals surface area contributed by atoms with Crippen LogP contribution in [0.4, 0.5) is 0 Å². The Morgan fingerprint density at radius 2 is 1.03 bits per heavy atom. The Morgan fingerprint density at radius 1 is 0.724 bits per heavy atom. The summed E-state index contributed by atoms with van der Waals surface area (Å²) in [5.74, 6) is 0.554. The molecular formula is C13H26Cl6O8P2. The fraction of sp³-hybridized carbons (Fsp3) is 1.00. The van der Waals surface area contributed by atoms with Gasteiger partial charge in [-0.15, -0.1) is 46.4 Å². The maximum Gasteiger partial charge on any atom is 0.477 e. The van der Waals surface area contributed by atoms with Gasteiger partial charge in [-0.25, -0.2) is 13.7 Å². The zero-order valence-corrected chi connectivity index (χ0v) is 22.4. The van der Waals surface area contributed by atoms with Crippen molar-refractivity contribution < 1.29 is 36.6 Å². The number of alkyl halides is 6. The SMILES string of the molecule is CC(C)(C)C(Cl)(Cl)OP(=O)(OCCCl)OCCCl.O=P(O)(OCCCl)OCCCl. The van der Waals surface area contributed by atoms with E-state index in [0.717, 1.165) is 0 Å². The van der Waals surface area contributed by atoms with Gasteiger partial charge in [-0.3, -0.25) is 18.1 Å². The van der Waals surface area contributed by atoms with Crippen LogP contribution in [0.25, 0.3) is 0 Å². The lowest BCUT2D eigenvalue weighted by atomic mass is 9.98. The first-order chi connectivity index (χ1) is 13.2. The molecule has 0 bridgehead atoms. The van der Waals surface area contributed by atoms with Gasteiger partial charge in [-0.05, 0) is 0 Å². The normalized spacial score (nSPS) is 13.2. The molecule has 0 amide bonds. The average molecular weight is 585 g/mol. The lowest BCUT2D eigenvalue weighted by Crippen LogP contribution is -2.34. The third kappa shape index (κ3) is 17.1. The van der Waals surface area contributed by atoms with Crippen molar-refractivity contribution in [1.82, 2.24) is 0 Å². The summed E-state index contributed by atoms with van der Waals surface area (Å²) in [6.07, 6.45) is 0. The molecule has 0 aliphatic carbocycles. The summed E-state index contributed by atoms with van der Waals surface area (Å²) < 4.78 is 45.0. The molecular weight excluding hydrogens is 559 g/mol. The van der Waals surface area contributed by atoms with Crippen molar-refractivity contribution in [2.24, 2.45) is 5.41 Å². The summed E-state index contributed by atoms with van der Waals surface area (Å²) in [5, 5.41) is 0. The van der Waals surface area contributed by atoms with Crippen molar-refractivity contribution in [3.63, 3.8) is 0 Å². The Bertz CT molecular complexity index is 496. The molecule has 0 atom stereocenters. The van der Waals surface area contributed by atoms with E-state index in [1.54, 1.807) is 20.8 Å². The molecule has 178 valence electrons. The van der Waals surface area contributed by atoms with E-state index in [1.165, 1.54) is 0 Å². The minimum atomic E-state index is -3.90. The Kier molecular flexibility index (Phi) is 18.9. The van der Waals surface area contributed by atoms with Crippen molar-refractivity contribution in [1.29, 1.82) is 0 Å². The first kappa shape index (κ1) is 33.1. The van der Waals surface area contributed by atoms with Gasteiger partial charge in [-0.1, -0.05) is 44.0 Å². The van der Waals surface area contributed by atoms with Gasteiger partial charge in [0.2, 0.25) is 4.52 Å². The molecule has 0 fully saturated rings. The third-order valence-corrected chi connectivity index (χ3v) is 7.05. The second-order valence-corrected chi connectivity index (χ2v) is 11.7. The number of phosphoric ester groups is 2. The molecule has 0 aromatic heterocycles. The van der Waals surface area contributed by atoms with Gasteiger partial charge in [0, 0.05) is 28.9 Å². The van der Waals surface area contributed by atoms with E-state index in [-0.39, 0.29) is 49.9 Å². The van der Waals surface area contributed by atoms with E-state index >= 15 is 0 Å². The predicted molar refractivity (Wildman–Crippen MR) is 119 cm³/mol. The van der Waals surface area contributed by atoms with Gasteiger partial charge >= 0.3 is 15.6 Å². The Balaban J connectivity index is 0. The van der Waals surface area contributed by atoms with Crippen molar-refractivity contribution in [3.05, 3.63) is 0 Å². The van der Waals surface area contributed by atoms with Gasteiger partial charge in [0.05, 0.1) is 26.4 Å². The summed E-state index contributed by atoms with van der Waals surface area (Å²) in [6, 6.07) is 0. The summed E-state index contributed by atoms with van der Waals surface area (Å²) in [7, 11) is -7.80. The quantitative estimate of drug-likeness (QED) is 0.185. The minimum absolute atomic E-state index is 0.0163. The van der Waals surface area contributed by atoms with Gasteiger partial charge in [0.1, 0.15) is 0 Å². The van der Waals surface area contributed by atoms with Crippen LogP contribution >= 0.6 is 85.3 Å².